The van der Waals surface area contributed by atoms with Crippen molar-refractivity contribution in [2.45, 2.75) is 38.5 Å². The molecule has 96 valence electrons. The van der Waals surface area contributed by atoms with Crippen molar-refractivity contribution in [3.63, 3.8) is 0 Å². The Hall–Kier alpha value is -1.15. The Balaban J connectivity index is 1.98. The second kappa shape index (κ2) is 6.14. The van der Waals surface area contributed by atoms with Crippen molar-refractivity contribution in [1.82, 2.24) is 0 Å². The van der Waals surface area contributed by atoms with Gasteiger partial charge in [-0.15, -0.1) is 0 Å². The summed E-state index contributed by atoms with van der Waals surface area (Å²) in [4.78, 5) is 11.9. The van der Waals surface area contributed by atoms with E-state index in [1.165, 1.54) is 24.5 Å². The van der Waals surface area contributed by atoms with Gasteiger partial charge in [-0.05, 0) is 37.3 Å². The van der Waals surface area contributed by atoms with Gasteiger partial charge in [0.05, 0.1) is 5.02 Å². The van der Waals surface area contributed by atoms with Crippen molar-refractivity contribution >= 4 is 17.4 Å². The van der Waals surface area contributed by atoms with Gasteiger partial charge in [0.1, 0.15) is 11.6 Å². The lowest BCUT2D eigenvalue weighted by Gasteiger charge is -2.12. The van der Waals surface area contributed by atoms with Crippen LogP contribution in [0.4, 0.5) is 4.39 Å². The highest BCUT2D eigenvalue weighted by Crippen LogP contribution is 2.23. The Labute approximate surface area is 112 Å². The molecule has 0 spiro atoms. The largest absolute Gasteiger partial charge is 0.299 e. The zero-order chi connectivity index (χ0) is 13.0. The smallest absolute Gasteiger partial charge is 0.142 e. The molecule has 0 unspecified atom stereocenters. The van der Waals surface area contributed by atoms with E-state index in [0.717, 1.165) is 12.8 Å². The Kier molecular flexibility index (Phi) is 4.54. The molecule has 0 amide bonds. The molecule has 18 heavy (non-hydrogen) atoms. The van der Waals surface area contributed by atoms with Gasteiger partial charge >= 0.3 is 0 Å². The molecule has 3 heteroatoms. The van der Waals surface area contributed by atoms with Crippen molar-refractivity contribution in [1.29, 1.82) is 0 Å². The van der Waals surface area contributed by atoms with Gasteiger partial charge in [-0.1, -0.05) is 35.4 Å². The minimum absolute atomic E-state index is 0.0727. The molecule has 0 saturated heterocycles. The Morgan fingerprint density at radius 1 is 1.28 bits per heavy atom. The van der Waals surface area contributed by atoms with Crippen LogP contribution in [0.15, 0.2) is 29.8 Å². The van der Waals surface area contributed by atoms with Gasteiger partial charge in [0.25, 0.3) is 0 Å². The molecular weight excluding hydrogens is 251 g/mol. The molecule has 0 N–H and O–H groups in total. The first-order valence-corrected chi connectivity index (χ1v) is 6.67. The van der Waals surface area contributed by atoms with E-state index in [2.05, 4.69) is 6.08 Å². The minimum Gasteiger partial charge on any atom is -0.299 e. The van der Waals surface area contributed by atoms with Crippen molar-refractivity contribution in [3.8, 4) is 0 Å². The molecule has 0 saturated carbocycles. The van der Waals surface area contributed by atoms with Crippen molar-refractivity contribution in [2.75, 3.05) is 0 Å². The van der Waals surface area contributed by atoms with Crippen LogP contribution in [0.3, 0.4) is 0 Å². The molecule has 1 nitrogen and oxygen atoms in total. The van der Waals surface area contributed by atoms with Gasteiger partial charge < -0.3 is 0 Å². The number of Topliss-reactive ketones (excluding diaryl/α,β-unsaturated/α-hetero) is 1. The van der Waals surface area contributed by atoms with Crippen LogP contribution in [0.5, 0.6) is 0 Å². The predicted octanol–water partition coefficient (Wildman–Crippen LogP) is 4.48. The lowest BCUT2D eigenvalue weighted by molar-refractivity contribution is -0.117. The third kappa shape index (κ3) is 3.42. The molecule has 0 radical (unpaired) electrons. The Bertz CT molecular complexity index is 479. The fourth-order valence-electron chi connectivity index (χ4n) is 2.28. The summed E-state index contributed by atoms with van der Waals surface area (Å²) in [5.74, 6) is -0.352. The molecule has 2 rings (SSSR count). The summed E-state index contributed by atoms with van der Waals surface area (Å²) in [6.07, 6.45) is 7.33. The number of benzene rings is 1. The van der Waals surface area contributed by atoms with Crippen LogP contribution in [-0.2, 0) is 11.2 Å². The van der Waals surface area contributed by atoms with E-state index in [1.807, 2.05) is 0 Å². The molecule has 0 atom stereocenters. The third-order valence-corrected chi connectivity index (χ3v) is 3.65. The molecule has 0 fully saturated rings. The summed E-state index contributed by atoms with van der Waals surface area (Å²) >= 11 is 5.84. The highest BCUT2D eigenvalue weighted by atomic mass is 35.5. The number of halogens is 2. The van der Waals surface area contributed by atoms with Gasteiger partial charge in [0.15, 0.2) is 0 Å². The Morgan fingerprint density at radius 3 is 2.83 bits per heavy atom. The van der Waals surface area contributed by atoms with Crippen LogP contribution < -0.4 is 0 Å². The number of carbonyl (C=O) groups excluding carboxylic acids is 1. The van der Waals surface area contributed by atoms with Gasteiger partial charge in [-0.25, -0.2) is 4.39 Å². The molecule has 0 heterocycles. The van der Waals surface area contributed by atoms with E-state index in [0.29, 0.717) is 12.0 Å². The second-order valence-electron chi connectivity index (χ2n) is 4.71. The predicted molar refractivity (Wildman–Crippen MR) is 71.3 cm³/mol. The average Bonchev–Trinajstić information content (AvgIpc) is 2.36. The lowest BCUT2D eigenvalue weighted by atomic mass is 9.94. The van der Waals surface area contributed by atoms with Crippen LogP contribution in [0.2, 0.25) is 5.02 Å². The maximum absolute atomic E-state index is 13.2. The molecule has 0 aromatic heterocycles. The summed E-state index contributed by atoms with van der Waals surface area (Å²) in [7, 11) is 0. The molecule has 0 bridgehead atoms. The zero-order valence-corrected chi connectivity index (χ0v) is 11.0. The molecule has 1 aliphatic rings. The first-order chi connectivity index (χ1) is 8.66. The second-order valence-corrected chi connectivity index (χ2v) is 5.09. The van der Waals surface area contributed by atoms with Crippen molar-refractivity contribution in [3.05, 3.63) is 46.3 Å². The van der Waals surface area contributed by atoms with E-state index in [9.17, 15) is 9.18 Å². The summed E-state index contributed by atoms with van der Waals surface area (Å²) < 4.78 is 13.2. The summed E-state index contributed by atoms with van der Waals surface area (Å²) in [6, 6.07) is 4.60. The van der Waals surface area contributed by atoms with E-state index < -0.39 is 5.82 Å². The SMILES string of the molecule is O=C(CC1=CCCCC1)Cc1cccc(F)c1Cl. The van der Waals surface area contributed by atoms with Crippen molar-refractivity contribution < 1.29 is 9.18 Å². The zero-order valence-electron chi connectivity index (χ0n) is 10.2. The van der Waals surface area contributed by atoms with Crippen molar-refractivity contribution in [2.24, 2.45) is 0 Å². The minimum atomic E-state index is -0.459. The van der Waals surface area contributed by atoms with Crippen LogP contribution in [0, 0.1) is 5.82 Å². The molecule has 1 aromatic rings. The van der Waals surface area contributed by atoms with E-state index >= 15 is 0 Å². The highest BCUT2D eigenvalue weighted by Gasteiger charge is 2.13. The normalized spacial score (nSPS) is 15.3. The highest BCUT2D eigenvalue weighted by molar-refractivity contribution is 6.31. The molecule has 1 aliphatic carbocycles. The first-order valence-electron chi connectivity index (χ1n) is 6.29. The quantitative estimate of drug-likeness (QED) is 0.735. The van der Waals surface area contributed by atoms with Crippen LogP contribution in [-0.4, -0.2) is 5.78 Å². The van der Waals surface area contributed by atoms with Gasteiger partial charge in [0.2, 0.25) is 0 Å². The molecule has 1 aromatic carbocycles. The number of rotatable bonds is 4. The number of hydrogen-bond acceptors (Lipinski definition) is 1. The summed E-state index contributed by atoms with van der Waals surface area (Å²) in [5, 5.41) is 0.0727. The maximum atomic E-state index is 13.2. The number of hydrogen-bond donors (Lipinski definition) is 0. The van der Waals surface area contributed by atoms with E-state index in [-0.39, 0.29) is 17.2 Å². The number of ketones is 1. The van der Waals surface area contributed by atoms with E-state index in [1.54, 1.807) is 12.1 Å². The summed E-state index contributed by atoms with van der Waals surface area (Å²) in [6.45, 7) is 0. The fraction of sp³-hybridized carbons (Fsp3) is 0.400. The van der Waals surface area contributed by atoms with Gasteiger partial charge in [0, 0.05) is 12.8 Å². The van der Waals surface area contributed by atoms with E-state index in [4.69, 9.17) is 11.6 Å². The fourth-order valence-corrected chi connectivity index (χ4v) is 2.47. The third-order valence-electron chi connectivity index (χ3n) is 3.23. The molecular formula is C15H16ClFO. The monoisotopic (exact) mass is 266 g/mol. The van der Waals surface area contributed by atoms with Crippen LogP contribution in [0.1, 0.15) is 37.7 Å². The summed E-state index contributed by atoms with van der Waals surface area (Å²) in [5.41, 5.74) is 1.80. The van der Waals surface area contributed by atoms with Crippen LogP contribution >= 0.6 is 11.6 Å². The molecule has 0 aliphatic heterocycles. The van der Waals surface area contributed by atoms with Gasteiger partial charge in [-0.2, -0.15) is 0 Å². The van der Waals surface area contributed by atoms with Gasteiger partial charge in [-0.3, -0.25) is 4.79 Å². The van der Waals surface area contributed by atoms with Crippen LogP contribution in [0.25, 0.3) is 0 Å². The number of allylic oxidation sites excluding steroid dienone is 2. The average molecular weight is 267 g/mol. The Morgan fingerprint density at radius 2 is 2.11 bits per heavy atom. The first kappa shape index (κ1) is 13.3. The standard InChI is InChI=1S/C15H16ClFO/c16-15-12(7-4-8-14(15)17)10-13(18)9-11-5-2-1-3-6-11/h4-5,7-8H,1-3,6,9-10H2. The topological polar surface area (TPSA) is 17.1 Å². The maximum Gasteiger partial charge on any atom is 0.142 e. The number of carbonyl (C=O) groups is 1. The lowest BCUT2D eigenvalue weighted by Crippen LogP contribution is -2.06.